The van der Waals surface area contributed by atoms with E-state index in [-0.39, 0.29) is 0 Å². The lowest BCUT2D eigenvalue weighted by Gasteiger charge is -2.12. The van der Waals surface area contributed by atoms with Crippen LogP contribution in [0.25, 0.3) is 99.7 Å². The van der Waals surface area contributed by atoms with Crippen molar-refractivity contribution in [2.75, 3.05) is 0 Å². The van der Waals surface area contributed by atoms with Crippen LogP contribution in [0, 0.1) is 0 Å². The highest BCUT2D eigenvalue weighted by Crippen LogP contribution is 2.47. The maximum absolute atomic E-state index is 5.28. The summed E-state index contributed by atoms with van der Waals surface area (Å²) >= 11 is 0. The minimum atomic E-state index is 0.870. The summed E-state index contributed by atoms with van der Waals surface area (Å²) in [5, 5.41) is 4.96. The Morgan fingerprint density at radius 2 is 0.917 bits per heavy atom. The van der Waals surface area contributed by atoms with Crippen molar-refractivity contribution in [1.82, 2.24) is 19.1 Å². The molecule has 0 saturated heterocycles. The number of hydrogen-bond acceptors (Lipinski definition) is 2. The predicted octanol–water partition coefficient (Wildman–Crippen LogP) is 11.1. The molecule has 3 aromatic heterocycles. The molecule has 222 valence electrons. The summed E-state index contributed by atoms with van der Waals surface area (Å²) in [6, 6.07) is 56.6. The van der Waals surface area contributed by atoms with Crippen LogP contribution in [0.2, 0.25) is 0 Å². The summed E-state index contributed by atoms with van der Waals surface area (Å²) in [5.41, 5.74) is 14.4. The highest BCUT2D eigenvalue weighted by molar-refractivity contribution is 6.17. The zero-order valence-corrected chi connectivity index (χ0v) is 25.8. The second kappa shape index (κ2) is 9.50. The third kappa shape index (κ3) is 3.43. The Balaban J connectivity index is 1.17. The van der Waals surface area contributed by atoms with Crippen molar-refractivity contribution in [2.45, 2.75) is 0 Å². The summed E-state index contributed by atoms with van der Waals surface area (Å²) in [7, 11) is 0. The summed E-state index contributed by atoms with van der Waals surface area (Å²) in [6.45, 7) is 0. The molecule has 0 bridgehead atoms. The van der Waals surface area contributed by atoms with Gasteiger partial charge in [0, 0.05) is 38.4 Å². The van der Waals surface area contributed by atoms with Crippen molar-refractivity contribution in [3.8, 4) is 45.0 Å². The Bertz CT molecular complexity index is 2890. The van der Waals surface area contributed by atoms with Crippen LogP contribution in [0.15, 0.2) is 158 Å². The van der Waals surface area contributed by atoms with E-state index in [0.29, 0.717) is 0 Å². The van der Waals surface area contributed by atoms with Crippen molar-refractivity contribution >= 4 is 54.6 Å². The molecule has 4 heterocycles. The number of nitrogens with zero attached hydrogens (tertiary/aromatic N) is 4. The van der Waals surface area contributed by atoms with Gasteiger partial charge in [0.25, 0.3) is 0 Å². The van der Waals surface area contributed by atoms with E-state index in [2.05, 4.69) is 149 Å². The average molecular weight is 611 g/mol. The Morgan fingerprint density at radius 3 is 1.60 bits per heavy atom. The zero-order valence-electron chi connectivity index (χ0n) is 25.8. The molecule has 0 spiro atoms. The van der Waals surface area contributed by atoms with Crippen LogP contribution >= 0.6 is 0 Å². The molecular formula is C44H26N4. The molecule has 0 unspecified atom stereocenters. The maximum atomic E-state index is 5.28. The van der Waals surface area contributed by atoms with Gasteiger partial charge in [-0.2, -0.15) is 0 Å². The molecule has 7 aromatic carbocycles. The molecule has 11 rings (SSSR count). The molecule has 1 aliphatic heterocycles. The lowest BCUT2D eigenvalue weighted by atomic mass is 9.92. The lowest BCUT2D eigenvalue weighted by Crippen LogP contribution is -2.02. The summed E-state index contributed by atoms with van der Waals surface area (Å²) in [5.74, 6) is 0.870. The number of hydrogen-bond donors (Lipinski definition) is 0. The van der Waals surface area contributed by atoms with Gasteiger partial charge in [-0.1, -0.05) is 103 Å². The second-order valence-corrected chi connectivity index (χ2v) is 12.6. The molecule has 0 N–H and O–H groups in total. The molecule has 0 atom stereocenters. The molecule has 48 heavy (non-hydrogen) atoms. The molecule has 0 saturated carbocycles. The molecule has 1 aliphatic rings. The van der Waals surface area contributed by atoms with Gasteiger partial charge in [0.15, 0.2) is 5.82 Å². The van der Waals surface area contributed by atoms with Gasteiger partial charge in [0.1, 0.15) is 5.69 Å². The van der Waals surface area contributed by atoms with E-state index in [1.165, 1.54) is 54.8 Å². The minimum Gasteiger partial charge on any atom is -0.309 e. The highest BCUT2D eigenvalue weighted by atomic mass is 15.1. The fraction of sp³-hybridized carbons (Fsp3) is 0. The van der Waals surface area contributed by atoms with Crippen LogP contribution in [-0.4, -0.2) is 19.1 Å². The Kier molecular flexibility index (Phi) is 5.08. The summed E-state index contributed by atoms with van der Waals surface area (Å²) in [4.78, 5) is 10.5. The van der Waals surface area contributed by atoms with Crippen molar-refractivity contribution in [2.24, 2.45) is 0 Å². The van der Waals surface area contributed by atoms with E-state index in [0.717, 1.165) is 44.8 Å². The van der Waals surface area contributed by atoms with Crippen LogP contribution in [-0.2, 0) is 0 Å². The number of benzene rings is 7. The smallest absolute Gasteiger partial charge is 0.165 e. The average Bonchev–Trinajstić information content (AvgIpc) is 3.63. The first kappa shape index (κ1) is 25.6. The Labute approximate surface area is 275 Å². The highest BCUT2D eigenvalue weighted by Gasteiger charge is 2.27. The number of aromatic nitrogens is 4. The van der Waals surface area contributed by atoms with Gasteiger partial charge in [0.2, 0.25) is 0 Å². The quantitative estimate of drug-likeness (QED) is 0.195. The SMILES string of the molecule is c1ccc2c(c1)-c1nc3ccccc3nc1-n1c3ccccc3c3cc(-c4ccc(-n5c6ccccc6c6ccccc65)cc4)cc-2c31. The third-order valence-corrected chi connectivity index (χ3v) is 10.0. The normalized spacial score (nSPS) is 12.2. The van der Waals surface area contributed by atoms with Crippen LogP contribution < -0.4 is 0 Å². The summed E-state index contributed by atoms with van der Waals surface area (Å²) in [6.07, 6.45) is 0. The molecule has 0 fully saturated rings. The fourth-order valence-corrected chi connectivity index (χ4v) is 7.94. The topological polar surface area (TPSA) is 35.6 Å². The first-order chi connectivity index (χ1) is 23.8. The number of fused-ring (bicyclic) bond motifs is 12. The van der Waals surface area contributed by atoms with Crippen LogP contribution in [0.5, 0.6) is 0 Å². The molecule has 4 nitrogen and oxygen atoms in total. The van der Waals surface area contributed by atoms with Crippen molar-refractivity contribution in [3.63, 3.8) is 0 Å². The third-order valence-electron chi connectivity index (χ3n) is 10.0. The first-order valence-electron chi connectivity index (χ1n) is 16.3. The van der Waals surface area contributed by atoms with Gasteiger partial charge in [-0.3, -0.25) is 4.57 Å². The van der Waals surface area contributed by atoms with Crippen molar-refractivity contribution < 1.29 is 0 Å². The minimum absolute atomic E-state index is 0.870. The first-order valence-corrected chi connectivity index (χ1v) is 16.3. The van der Waals surface area contributed by atoms with Crippen LogP contribution in [0.4, 0.5) is 0 Å². The molecule has 4 heteroatoms. The van der Waals surface area contributed by atoms with E-state index < -0.39 is 0 Å². The Hall–Kier alpha value is -6.52. The van der Waals surface area contributed by atoms with E-state index in [4.69, 9.17) is 9.97 Å². The second-order valence-electron chi connectivity index (χ2n) is 12.6. The molecule has 0 aliphatic carbocycles. The van der Waals surface area contributed by atoms with E-state index >= 15 is 0 Å². The lowest BCUT2D eigenvalue weighted by molar-refractivity contribution is 1.09. The number of para-hydroxylation sites is 5. The van der Waals surface area contributed by atoms with E-state index in [9.17, 15) is 0 Å². The van der Waals surface area contributed by atoms with Gasteiger partial charge in [-0.05, 0) is 71.3 Å². The molecule has 10 aromatic rings. The molecule has 0 amide bonds. The number of rotatable bonds is 2. The van der Waals surface area contributed by atoms with E-state index in [1.807, 2.05) is 18.2 Å². The monoisotopic (exact) mass is 610 g/mol. The largest absolute Gasteiger partial charge is 0.309 e. The van der Waals surface area contributed by atoms with Gasteiger partial charge < -0.3 is 4.57 Å². The molecular weight excluding hydrogens is 585 g/mol. The van der Waals surface area contributed by atoms with E-state index in [1.54, 1.807) is 0 Å². The molecule has 0 radical (unpaired) electrons. The summed E-state index contributed by atoms with van der Waals surface area (Å²) < 4.78 is 4.71. The maximum Gasteiger partial charge on any atom is 0.165 e. The van der Waals surface area contributed by atoms with Gasteiger partial charge in [-0.15, -0.1) is 0 Å². The van der Waals surface area contributed by atoms with Crippen molar-refractivity contribution in [3.05, 3.63) is 158 Å². The standard InChI is InChI=1S/C44H26N4/c1-2-15-34-30(11-1)35-25-28(27-21-23-29(24-22-27)47-39-18-8-3-12-31(39)32-13-4-9-19-40(32)47)26-36-33-14-5-10-20-41(33)48(43(35)36)44-42(34)45-37-16-6-7-17-38(37)46-44/h1-26H. The fourth-order valence-electron chi connectivity index (χ4n) is 7.94. The zero-order chi connectivity index (χ0) is 31.3. The predicted molar refractivity (Wildman–Crippen MR) is 198 cm³/mol. The van der Waals surface area contributed by atoms with Crippen LogP contribution in [0.3, 0.4) is 0 Å². The van der Waals surface area contributed by atoms with Gasteiger partial charge in [0.05, 0.1) is 33.1 Å². The van der Waals surface area contributed by atoms with Gasteiger partial charge in [-0.25, -0.2) is 9.97 Å². The Morgan fingerprint density at radius 1 is 0.375 bits per heavy atom. The van der Waals surface area contributed by atoms with Gasteiger partial charge >= 0.3 is 0 Å². The van der Waals surface area contributed by atoms with Crippen molar-refractivity contribution in [1.29, 1.82) is 0 Å². The van der Waals surface area contributed by atoms with Crippen LogP contribution in [0.1, 0.15) is 0 Å².